The molecule has 2 aliphatic carbocycles. The fourth-order valence-corrected chi connectivity index (χ4v) is 6.16. The van der Waals surface area contributed by atoms with E-state index in [2.05, 4.69) is 6.07 Å². The Kier molecular flexibility index (Phi) is 3.30. The molecule has 6 nitrogen and oxygen atoms in total. The fraction of sp³-hybridized carbons (Fsp3) is 0.857. The minimum absolute atomic E-state index is 0.101. The zero-order valence-corrected chi connectivity index (χ0v) is 12.7. The van der Waals surface area contributed by atoms with Crippen molar-refractivity contribution in [2.75, 3.05) is 12.3 Å². The first-order valence-corrected chi connectivity index (χ1v) is 9.08. The topological polar surface area (TPSA) is 98.5 Å². The summed E-state index contributed by atoms with van der Waals surface area (Å²) in [4.78, 5) is 11.2. The first-order chi connectivity index (χ1) is 9.83. The maximum atomic E-state index is 12.7. The smallest absolute Gasteiger partial charge is 0.306 e. The first-order valence-electron chi connectivity index (χ1n) is 7.47. The third-order valence-corrected chi connectivity index (χ3v) is 7.51. The monoisotopic (exact) mass is 312 g/mol. The molecule has 0 aromatic rings. The third kappa shape index (κ3) is 2.44. The average molecular weight is 312 g/mol. The molecular formula is C14H20N2O4S. The predicted octanol–water partition coefficient (Wildman–Crippen LogP) is 1.34. The minimum Gasteiger partial charge on any atom is -0.481 e. The van der Waals surface area contributed by atoms with E-state index in [0.717, 1.165) is 19.3 Å². The van der Waals surface area contributed by atoms with Crippen LogP contribution in [0.2, 0.25) is 0 Å². The van der Waals surface area contributed by atoms with Gasteiger partial charge in [0.1, 0.15) is 0 Å². The predicted molar refractivity (Wildman–Crippen MR) is 74.7 cm³/mol. The summed E-state index contributed by atoms with van der Waals surface area (Å²) in [5.41, 5.74) is -1.18. The van der Waals surface area contributed by atoms with Gasteiger partial charge in [0.15, 0.2) is 0 Å². The van der Waals surface area contributed by atoms with Crippen molar-refractivity contribution in [2.45, 2.75) is 50.5 Å². The molecule has 3 fully saturated rings. The van der Waals surface area contributed by atoms with Gasteiger partial charge in [0.05, 0.1) is 23.2 Å². The lowest BCUT2D eigenvalue weighted by Gasteiger charge is -2.53. The zero-order valence-electron chi connectivity index (χ0n) is 11.9. The van der Waals surface area contributed by atoms with Crippen LogP contribution in [0.1, 0.15) is 44.9 Å². The summed E-state index contributed by atoms with van der Waals surface area (Å²) in [6.07, 6.45) is 4.53. The van der Waals surface area contributed by atoms with Crippen molar-refractivity contribution in [2.24, 2.45) is 11.3 Å². The standard InChI is InChI=1S/C14H20N2O4S/c15-9-13(5-6-13)10-21(19,20)16-7-2-11(12(17)18)8-14(16)3-1-4-14/h11H,1-8,10H2,(H,17,18). The molecule has 1 spiro atoms. The van der Waals surface area contributed by atoms with E-state index < -0.39 is 32.9 Å². The lowest BCUT2D eigenvalue weighted by Crippen LogP contribution is -2.61. The molecule has 1 saturated heterocycles. The van der Waals surface area contributed by atoms with Gasteiger partial charge in [-0.3, -0.25) is 4.79 Å². The van der Waals surface area contributed by atoms with Crippen molar-refractivity contribution in [3.8, 4) is 6.07 Å². The second-order valence-electron chi connectivity index (χ2n) is 6.83. The maximum absolute atomic E-state index is 12.7. The summed E-state index contributed by atoms with van der Waals surface area (Å²) < 4.78 is 27.0. The molecular weight excluding hydrogens is 292 g/mol. The number of carbonyl (C=O) groups is 1. The van der Waals surface area contributed by atoms with Crippen LogP contribution in [0.5, 0.6) is 0 Å². The number of sulfonamides is 1. The summed E-state index contributed by atoms with van der Waals surface area (Å²) >= 11 is 0. The number of nitriles is 1. The van der Waals surface area contributed by atoms with Gasteiger partial charge in [0.2, 0.25) is 10.0 Å². The second kappa shape index (κ2) is 4.68. The number of carboxylic acids is 1. The van der Waals surface area contributed by atoms with Gasteiger partial charge >= 0.3 is 5.97 Å². The highest BCUT2D eigenvalue weighted by molar-refractivity contribution is 7.89. The second-order valence-corrected chi connectivity index (χ2v) is 8.72. The number of hydrogen-bond acceptors (Lipinski definition) is 4. The van der Waals surface area contributed by atoms with Crippen LogP contribution in [-0.2, 0) is 14.8 Å². The highest BCUT2D eigenvalue weighted by Gasteiger charge is 2.55. The van der Waals surface area contributed by atoms with Crippen molar-refractivity contribution in [3.05, 3.63) is 0 Å². The Labute approximate surface area is 124 Å². The molecule has 0 aromatic heterocycles. The van der Waals surface area contributed by atoms with Crippen molar-refractivity contribution in [3.63, 3.8) is 0 Å². The number of carboxylic acid groups (broad SMARTS) is 1. The van der Waals surface area contributed by atoms with E-state index in [-0.39, 0.29) is 12.3 Å². The van der Waals surface area contributed by atoms with E-state index in [1.807, 2.05) is 0 Å². The Hall–Kier alpha value is -1.13. The molecule has 2 saturated carbocycles. The number of rotatable bonds is 4. The quantitative estimate of drug-likeness (QED) is 0.844. The lowest BCUT2D eigenvalue weighted by atomic mass is 9.68. The van der Waals surface area contributed by atoms with Crippen LogP contribution < -0.4 is 0 Å². The summed E-state index contributed by atoms with van der Waals surface area (Å²) in [5, 5.41) is 18.3. The van der Waals surface area contributed by atoms with Crippen LogP contribution in [0.3, 0.4) is 0 Å². The Morgan fingerprint density at radius 3 is 2.43 bits per heavy atom. The summed E-state index contributed by atoms with van der Waals surface area (Å²) in [6.45, 7) is 0.279. The Balaban J connectivity index is 1.81. The number of piperidine rings is 1. The Morgan fingerprint density at radius 1 is 1.33 bits per heavy atom. The van der Waals surface area contributed by atoms with Crippen molar-refractivity contribution in [1.29, 1.82) is 5.26 Å². The van der Waals surface area contributed by atoms with Crippen LogP contribution in [0.15, 0.2) is 0 Å². The van der Waals surface area contributed by atoms with Crippen molar-refractivity contribution < 1.29 is 18.3 Å². The van der Waals surface area contributed by atoms with Crippen LogP contribution in [-0.4, -0.2) is 41.6 Å². The normalized spacial score (nSPS) is 30.3. The summed E-state index contributed by atoms with van der Waals surface area (Å²) in [6, 6.07) is 2.14. The molecule has 1 N–H and O–H groups in total. The molecule has 0 radical (unpaired) electrons. The SMILES string of the molecule is N#CC1(CS(=O)(=O)N2CCC(C(=O)O)CC23CCC3)CC1. The average Bonchev–Trinajstić information content (AvgIpc) is 3.15. The number of hydrogen-bond donors (Lipinski definition) is 1. The van der Waals surface area contributed by atoms with Gasteiger partial charge in [-0.15, -0.1) is 0 Å². The van der Waals surface area contributed by atoms with Gasteiger partial charge in [-0.25, -0.2) is 8.42 Å². The molecule has 21 heavy (non-hydrogen) atoms. The van der Waals surface area contributed by atoms with E-state index in [1.165, 1.54) is 0 Å². The maximum Gasteiger partial charge on any atom is 0.306 e. The van der Waals surface area contributed by atoms with Gasteiger partial charge in [0, 0.05) is 12.1 Å². The summed E-state index contributed by atoms with van der Waals surface area (Å²) in [7, 11) is -3.49. The third-order valence-electron chi connectivity index (χ3n) is 5.35. The molecule has 1 unspecified atom stereocenters. The molecule has 0 amide bonds. The van der Waals surface area contributed by atoms with Crippen LogP contribution >= 0.6 is 0 Å². The van der Waals surface area contributed by atoms with E-state index >= 15 is 0 Å². The van der Waals surface area contributed by atoms with Gasteiger partial charge in [0.25, 0.3) is 0 Å². The number of aliphatic carboxylic acids is 1. The molecule has 0 aromatic carbocycles. The molecule has 1 aliphatic heterocycles. The Bertz CT molecular complexity index is 599. The highest BCUT2D eigenvalue weighted by atomic mass is 32.2. The first kappa shape index (κ1) is 14.8. The van der Waals surface area contributed by atoms with Crippen LogP contribution in [0.25, 0.3) is 0 Å². The van der Waals surface area contributed by atoms with Crippen LogP contribution in [0.4, 0.5) is 0 Å². The highest BCUT2D eigenvalue weighted by Crippen LogP contribution is 2.51. The minimum atomic E-state index is -3.49. The van der Waals surface area contributed by atoms with Gasteiger partial charge < -0.3 is 5.11 Å². The van der Waals surface area contributed by atoms with Gasteiger partial charge in [-0.05, 0) is 44.9 Å². The van der Waals surface area contributed by atoms with Gasteiger partial charge in [-0.2, -0.15) is 9.57 Å². The van der Waals surface area contributed by atoms with Crippen molar-refractivity contribution in [1.82, 2.24) is 4.31 Å². The molecule has 3 aliphatic rings. The van der Waals surface area contributed by atoms with Crippen molar-refractivity contribution >= 4 is 16.0 Å². The molecule has 1 atom stereocenters. The van der Waals surface area contributed by atoms with E-state index in [0.29, 0.717) is 25.7 Å². The molecule has 7 heteroatoms. The fourth-order valence-electron chi connectivity index (χ4n) is 3.72. The molecule has 1 heterocycles. The Morgan fingerprint density at radius 2 is 2.00 bits per heavy atom. The molecule has 0 bridgehead atoms. The largest absolute Gasteiger partial charge is 0.481 e. The molecule has 3 rings (SSSR count). The van der Waals surface area contributed by atoms with E-state index in [1.54, 1.807) is 4.31 Å². The van der Waals surface area contributed by atoms with Gasteiger partial charge in [-0.1, -0.05) is 0 Å². The van der Waals surface area contributed by atoms with E-state index in [4.69, 9.17) is 5.26 Å². The lowest BCUT2D eigenvalue weighted by molar-refractivity contribution is -0.146. The number of nitrogens with zero attached hydrogens (tertiary/aromatic N) is 2. The zero-order chi connectivity index (χ0) is 15.3. The van der Waals surface area contributed by atoms with E-state index in [9.17, 15) is 18.3 Å². The molecule has 116 valence electrons. The summed E-state index contributed by atoms with van der Waals surface area (Å²) in [5.74, 6) is -1.37. The van der Waals surface area contributed by atoms with Crippen LogP contribution in [0, 0.1) is 22.7 Å².